The van der Waals surface area contributed by atoms with Gasteiger partial charge in [-0.3, -0.25) is 18.7 Å². The number of nitrogens with one attached hydrogen (secondary N) is 1. The zero-order valence-electron chi connectivity index (χ0n) is 12.0. The lowest BCUT2D eigenvalue weighted by atomic mass is 9.86. The molecule has 3 rings (SSSR count). The summed E-state index contributed by atoms with van der Waals surface area (Å²) in [5.74, 6) is -0.205. The van der Waals surface area contributed by atoms with Gasteiger partial charge in [-0.1, -0.05) is 12.1 Å². The van der Waals surface area contributed by atoms with Gasteiger partial charge in [-0.15, -0.1) is 0 Å². The molecule has 0 spiro atoms. The highest BCUT2D eigenvalue weighted by Crippen LogP contribution is 2.29. The van der Waals surface area contributed by atoms with Crippen LogP contribution in [0.2, 0.25) is 0 Å². The van der Waals surface area contributed by atoms with Gasteiger partial charge in [0.2, 0.25) is 0 Å². The summed E-state index contributed by atoms with van der Waals surface area (Å²) in [6, 6.07) is 6.84. The van der Waals surface area contributed by atoms with E-state index in [9.17, 15) is 18.4 Å². The van der Waals surface area contributed by atoms with E-state index in [4.69, 9.17) is 0 Å². The molecule has 1 unspecified atom stereocenters. The quantitative estimate of drug-likeness (QED) is 0.667. The third-order valence-corrected chi connectivity index (χ3v) is 4.95. The molecule has 6 nitrogen and oxygen atoms in total. The van der Waals surface area contributed by atoms with Crippen molar-refractivity contribution in [2.45, 2.75) is 31.7 Å². The van der Waals surface area contributed by atoms with Crippen LogP contribution >= 0.6 is 0 Å². The van der Waals surface area contributed by atoms with E-state index >= 15 is 0 Å². The fraction of sp³-hybridized carbons (Fsp3) is 0.467. The molecule has 1 aromatic rings. The SMILES string of the molecule is O=C1c2ccccc2C(=O)N1CC1CCC(NS(=O)[O-])CC1. The summed E-state index contributed by atoms with van der Waals surface area (Å²) >= 11 is -2.24. The van der Waals surface area contributed by atoms with Crippen molar-refractivity contribution in [2.75, 3.05) is 6.54 Å². The number of amides is 2. The van der Waals surface area contributed by atoms with Gasteiger partial charge in [0.1, 0.15) is 0 Å². The van der Waals surface area contributed by atoms with Crippen molar-refractivity contribution in [3.8, 4) is 0 Å². The number of hydrogen-bond donors (Lipinski definition) is 1. The van der Waals surface area contributed by atoms with E-state index in [0.717, 1.165) is 25.7 Å². The first-order valence-electron chi connectivity index (χ1n) is 7.37. The third kappa shape index (κ3) is 2.97. The monoisotopic (exact) mass is 321 g/mol. The van der Waals surface area contributed by atoms with Crippen molar-refractivity contribution in [2.24, 2.45) is 5.92 Å². The molecule has 0 bridgehead atoms. The highest BCUT2D eigenvalue weighted by atomic mass is 32.2. The predicted octanol–water partition coefficient (Wildman–Crippen LogP) is 1.23. The molecule has 22 heavy (non-hydrogen) atoms. The van der Waals surface area contributed by atoms with Gasteiger partial charge in [0.05, 0.1) is 11.1 Å². The average Bonchev–Trinajstić information content (AvgIpc) is 2.74. The molecular formula is C15H17N2O4S-. The molecule has 118 valence electrons. The van der Waals surface area contributed by atoms with Gasteiger partial charge in [-0.05, 0) is 43.7 Å². The zero-order chi connectivity index (χ0) is 15.7. The Morgan fingerprint density at radius 3 is 2.14 bits per heavy atom. The highest BCUT2D eigenvalue weighted by Gasteiger charge is 2.36. The van der Waals surface area contributed by atoms with E-state index in [2.05, 4.69) is 4.72 Å². The lowest BCUT2D eigenvalue weighted by molar-refractivity contribution is 0.0614. The van der Waals surface area contributed by atoms with Gasteiger partial charge < -0.3 is 4.55 Å². The first-order valence-corrected chi connectivity index (χ1v) is 8.44. The Morgan fingerprint density at radius 2 is 1.64 bits per heavy atom. The average molecular weight is 321 g/mol. The molecule has 0 aromatic heterocycles. The van der Waals surface area contributed by atoms with Crippen LogP contribution in [0.1, 0.15) is 46.4 Å². The minimum Gasteiger partial charge on any atom is -0.760 e. The van der Waals surface area contributed by atoms with Crippen LogP contribution in [0.25, 0.3) is 0 Å². The summed E-state index contributed by atoms with van der Waals surface area (Å²) in [5, 5.41) is 0. The van der Waals surface area contributed by atoms with Gasteiger partial charge in [-0.25, -0.2) is 4.72 Å². The van der Waals surface area contributed by atoms with E-state index in [-0.39, 0.29) is 23.8 Å². The Balaban J connectivity index is 1.61. The highest BCUT2D eigenvalue weighted by molar-refractivity contribution is 7.77. The van der Waals surface area contributed by atoms with Crippen LogP contribution in [-0.2, 0) is 11.3 Å². The van der Waals surface area contributed by atoms with E-state index in [1.165, 1.54) is 4.90 Å². The van der Waals surface area contributed by atoms with E-state index in [1.807, 2.05) is 0 Å². The number of carbonyl (C=O) groups is 2. The maximum absolute atomic E-state index is 12.3. The second-order valence-corrected chi connectivity index (χ2v) is 6.54. The van der Waals surface area contributed by atoms with Crippen molar-refractivity contribution in [3.05, 3.63) is 35.4 Å². The number of hydrogen-bond acceptors (Lipinski definition) is 4. The molecule has 1 N–H and O–H groups in total. The number of rotatable bonds is 4. The lowest BCUT2D eigenvalue weighted by Crippen LogP contribution is -2.39. The Morgan fingerprint density at radius 1 is 1.09 bits per heavy atom. The zero-order valence-corrected chi connectivity index (χ0v) is 12.8. The summed E-state index contributed by atoms with van der Waals surface area (Å²) in [5.41, 5.74) is 0.953. The maximum atomic E-state index is 12.3. The van der Waals surface area contributed by atoms with Crippen molar-refractivity contribution in [1.82, 2.24) is 9.62 Å². The summed E-state index contributed by atoms with van der Waals surface area (Å²) in [6.07, 6.45) is 3.09. The van der Waals surface area contributed by atoms with Gasteiger partial charge in [-0.2, -0.15) is 0 Å². The minimum atomic E-state index is -2.24. The van der Waals surface area contributed by atoms with Crippen molar-refractivity contribution in [1.29, 1.82) is 0 Å². The van der Waals surface area contributed by atoms with Crippen molar-refractivity contribution >= 4 is 23.1 Å². The lowest BCUT2D eigenvalue weighted by Gasteiger charge is -2.31. The molecule has 2 amide bonds. The van der Waals surface area contributed by atoms with Gasteiger partial charge in [0, 0.05) is 23.9 Å². The van der Waals surface area contributed by atoms with Gasteiger partial charge in [0.25, 0.3) is 11.8 Å². The largest absolute Gasteiger partial charge is 0.760 e. The first-order chi connectivity index (χ1) is 10.6. The number of nitrogens with zero attached hydrogens (tertiary/aromatic N) is 1. The van der Waals surface area contributed by atoms with Crippen LogP contribution in [0.15, 0.2) is 24.3 Å². The summed E-state index contributed by atoms with van der Waals surface area (Å²) < 4.78 is 23.8. The van der Waals surface area contributed by atoms with Crippen LogP contribution in [0.5, 0.6) is 0 Å². The molecule has 1 atom stereocenters. The van der Waals surface area contributed by atoms with Crippen LogP contribution in [0, 0.1) is 5.92 Å². The van der Waals surface area contributed by atoms with Gasteiger partial charge in [0.15, 0.2) is 0 Å². The Kier molecular flexibility index (Phi) is 4.37. The normalized spacial score (nSPS) is 26.1. The molecule has 1 heterocycles. The van der Waals surface area contributed by atoms with Crippen LogP contribution in [-0.4, -0.2) is 38.1 Å². The van der Waals surface area contributed by atoms with E-state index in [1.54, 1.807) is 24.3 Å². The number of fused-ring (bicyclic) bond motifs is 1. The number of imide groups is 1. The maximum Gasteiger partial charge on any atom is 0.261 e. The molecule has 1 aliphatic heterocycles. The van der Waals surface area contributed by atoms with E-state index < -0.39 is 11.3 Å². The van der Waals surface area contributed by atoms with Gasteiger partial charge >= 0.3 is 0 Å². The molecule has 0 radical (unpaired) electrons. The van der Waals surface area contributed by atoms with Crippen LogP contribution < -0.4 is 4.72 Å². The molecule has 1 aliphatic carbocycles. The molecule has 1 saturated carbocycles. The second-order valence-electron chi connectivity index (χ2n) is 5.84. The van der Waals surface area contributed by atoms with Crippen molar-refractivity contribution < 1.29 is 18.4 Å². The van der Waals surface area contributed by atoms with E-state index in [0.29, 0.717) is 17.7 Å². The Bertz CT molecular complexity index is 591. The number of benzene rings is 1. The fourth-order valence-electron chi connectivity index (χ4n) is 3.26. The summed E-state index contributed by atoms with van der Waals surface area (Å²) in [7, 11) is 0. The molecule has 1 aromatic carbocycles. The Labute approximate surface area is 131 Å². The minimum absolute atomic E-state index is 0.0308. The summed E-state index contributed by atoms with van der Waals surface area (Å²) in [4.78, 5) is 25.9. The predicted molar refractivity (Wildman–Crippen MR) is 79.6 cm³/mol. The second kappa shape index (κ2) is 6.28. The smallest absolute Gasteiger partial charge is 0.261 e. The molecule has 2 aliphatic rings. The molecular weight excluding hydrogens is 304 g/mol. The van der Waals surface area contributed by atoms with Crippen LogP contribution in [0.4, 0.5) is 0 Å². The van der Waals surface area contributed by atoms with Crippen LogP contribution in [0.3, 0.4) is 0 Å². The fourth-order valence-corrected chi connectivity index (χ4v) is 3.77. The third-order valence-electron chi connectivity index (χ3n) is 4.43. The number of carbonyl (C=O) groups excluding carboxylic acids is 2. The topological polar surface area (TPSA) is 89.5 Å². The molecule has 1 fully saturated rings. The molecule has 7 heteroatoms. The first kappa shape index (κ1) is 15.3. The molecule has 0 saturated heterocycles. The Hall–Kier alpha value is -1.57. The summed E-state index contributed by atoms with van der Waals surface area (Å²) in [6.45, 7) is 0.416. The van der Waals surface area contributed by atoms with Crippen molar-refractivity contribution in [3.63, 3.8) is 0 Å². The standard InChI is InChI=1S/C15H18N2O4S/c18-14-12-3-1-2-4-13(12)15(19)17(14)9-10-5-7-11(8-6-10)16-22(20)21/h1-4,10-11,16H,5-9H2,(H,20,21)/p-1.